The summed E-state index contributed by atoms with van der Waals surface area (Å²) in [5.74, 6) is 0.671. The highest BCUT2D eigenvalue weighted by Crippen LogP contribution is 2.22. The number of nitrogens with one attached hydrogen (secondary N) is 1. The highest BCUT2D eigenvalue weighted by molar-refractivity contribution is 5.77. The monoisotopic (exact) mass is 365 g/mol. The van der Waals surface area contributed by atoms with Crippen molar-refractivity contribution in [2.75, 3.05) is 18.4 Å². The summed E-state index contributed by atoms with van der Waals surface area (Å²) in [4.78, 5) is 18.4. The Morgan fingerprint density at radius 3 is 2.78 bits per heavy atom. The van der Waals surface area contributed by atoms with Crippen LogP contribution in [0.15, 0.2) is 52.9 Å². The number of carbonyl (C=O) groups excluding carboxylic acids is 1. The van der Waals surface area contributed by atoms with Crippen LogP contribution in [0.2, 0.25) is 0 Å². The molecule has 0 unspecified atom stereocenters. The summed E-state index contributed by atoms with van der Waals surface area (Å²) in [7, 11) is 0. The van der Waals surface area contributed by atoms with E-state index >= 15 is 0 Å². The number of rotatable bonds is 4. The molecule has 1 amide bonds. The van der Waals surface area contributed by atoms with Gasteiger partial charge in [-0.3, -0.25) is 0 Å². The van der Waals surface area contributed by atoms with Crippen molar-refractivity contribution in [3.05, 3.63) is 60.0 Å². The van der Waals surface area contributed by atoms with Crippen LogP contribution in [-0.4, -0.2) is 35.1 Å². The number of fused-ring (bicyclic) bond motifs is 1. The van der Waals surface area contributed by atoms with E-state index in [1.807, 2.05) is 55.5 Å². The van der Waals surface area contributed by atoms with Crippen LogP contribution in [0.5, 0.6) is 0 Å². The van der Waals surface area contributed by atoms with Crippen LogP contribution in [0, 0.1) is 6.92 Å². The van der Waals surface area contributed by atoms with Crippen molar-refractivity contribution < 1.29 is 13.9 Å². The smallest absolute Gasteiger partial charge is 0.410 e. The van der Waals surface area contributed by atoms with Crippen molar-refractivity contribution in [1.82, 2.24) is 9.88 Å². The Balaban J connectivity index is 1.27. The molecule has 0 saturated carbocycles. The molecule has 1 aliphatic heterocycles. The molecule has 0 bridgehead atoms. The van der Waals surface area contributed by atoms with Crippen molar-refractivity contribution in [2.24, 2.45) is 0 Å². The van der Waals surface area contributed by atoms with Gasteiger partial charge in [-0.2, -0.15) is 0 Å². The summed E-state index contributed by atoms with van der Waals surface area (Å²) in [6, 6.07) is 16.0. The average molecular weight is 365 g/mol. The van der Waals surface area contributed by atoms with E-state index in [1.54, 1.807) is 4.90 Å². The normalized spacial score (nSPS) is 15.1. The maximum absolute atomic E-state index is 12.2. The number of aromatic nitrogens is 1. The van der Waals surface area contributed by atoms with E-state index in [0.717, 1.165) is 35.2 Å². The maximum atomic E-state index is 12.2. The minimum absolute atomic E-state index is 0.239. The number of piperidine rings is 1. The lowest BCUT2D eigenvalue weighted by atomic mass is 10.0. The molecule has 3 aromatic rings. The summed E-state index contributed by atoms with van der Waals surface area (Å²) in [6.07, 6.45) is 1.53. The summed E-state index contributed by atoms with van der Waals surface area (Å²) >= 11 is 0. The molecule has 0 atom stereocenters. The van der Waals surface area contributed by atoms with Crippen molar-refractivity contribution in [3.8, 4) is 0 Å². The molecule has 0 aliphatic carbocycles. The van der Waals surface area contributed by atoms with Gasteiger partial charge in [0.2, 0.25) is 0 Å². The second-order valence-corrected chi connectivity index (χ2v) is 6.86. The SMILES string of the molecule is Cc1nc2cc(NC3CCN(C(=O)OCc4ccccc4)CC3)ccc2o1. The number of anilines is 1. The fourth-order valence-corrected chi connectivity index (χ4v) is 3.39. The quantitative estimate of drug-likeness (QED) is 0.744. The van der Waals surface area contributed by atoms with Gasteiger partial charge < -0.3 is 19.4 Å². The number of benzene rings is 2. The molecule has 1 aromatic heterocycles. The van der Waals surface area contributed by atoms with Gasteiger partial charge >= 0.3 is 6.09 Å². The van der Waals surface area contributed by atoms with E-state index in [2.05, 4.69) is 10.3 Å². The second-order valence-electron chi connectivity index (χ2n) is 6.86. The minimum atomic E-state index is -0.239. The van der Waals surface area contributed by atoms with E-state index in [0.29, 0.717) is 31.6 Å². The molecule has 6 nitrogen and oxygen atoms in total. The van der Waals surface area contributed by atoms with Crippen LogP contribution >= 0.6 is 0 Å². The van der Waals surface area contributed by atoms with E-state index in [-0.39, 0.29) is 6.09 Å². The van der Waals surface area contributed by atoms with Gasteiger partial charge in [-0.05, 0) is 36.6 Å². The molecule has 140 valence electrons. The van der Waals surface area contributed by atoms with Gasteiger partial charge in [0.15, 0.2) is 11.5 Å². The van der Waals surface area contributed by atoms with Crippen molar-refractivity contribution in [3.63, 3.8) is 0 Å². The molecule has 2 heterocycles. The van der Waals surface area contributed by atoms with Gasteiger partial charge in [-0.1, -0.05) is 30.3 Å². The summed E-state index contributed by atoms with van der Waals surface area (Å²) in [5.41, 5.74) is 3.69. The van der Waals surface area contributed by atoms with Crippen LogP contribution < -0.4 is 5.32 Å². The first kappa shape index (κ1) is 17.4. The van der Waals surface area contributed by atoms with Crippen molar-refractivity contribution >= 4 is 22.9 Å². The van der Waals surface area contributed by atoms with Crippen LogP contribution in [0.4, 0.5) is 10.5 Å². The van der Waals surface area contributed by atoms with Gasteiger partial charge in [0.25, 0.3) is 0 Å². The summed E-state index contributed by atoms with van der Waals surface area (Å²) in [6.45, 7) is 3.54. The van der Waals surface area contributed by atoms with Gasteiger partial charge in [0, 0.05) is 31.7 Å². The van der Waals surface area contributed by atoms with E-state index < -0.39 is 0 Å². The Morgan fingerprint density at radius 2 is 2.00 bits per heavy atom. The van der Waals surface area contributed by atoms with Gasteiger partial charge in [0.1, 0.15) is 12.1 Å². The predicted molar refractivity (Wildman–Crippen MR) is 104 cm³/mol. The predicted octanol–water partition coefficient (Wildman–Crippen LogP) is 4.35. The lowest BCUT2D eigenvalue weighted by Gasteiger charge is -2.32. The van der Waals surface area contributed by atoms with E-state index in [4.69, 9.17) is 9.15 Å². The zero-order chi connectivity index (χ0) is 18.6. The Hall–Kier alpha value is -3.02. The third-order valence-electron chi connectivity index (χ3n) is 4.82. The maximum Gasteiger partial charge on any atom is 0.410 e. The number of likely N-dealkylation sites (tertiary alicyclic amines) is 1. The molecule has 27 heavy (non-hydrogen) atoms. The molecule has 0 spiro atoms. The average Bonchev–Trinajstić information content (AvgIpc) is 3.07. The van der Waals surface area contributed by atoms with Gasteiger partial charge in [-0.15, -0.1) is 0 Å². The number of hydrogen-bond acceptors (Lipinski definition) is 5. The first-order valence-corrected chi connectivity index (χ1v) is 9.27. The third kappa shape index (κ3) is 4.22. The third-order valence-corrected chi connectivity index (χ3v) is 4.82. The van der Waals surface area contributed by atoms with Gasteiger partial charge in [0.05, 0.1) is 0 Å². The molecule has 1 N–H and O–H groups in total. The van der Waals surface area contributed by atoms with Crippen LogP contribution in [0.3, 0.4) is 0 Å². The van der Waals surface area contributed by atoms with E-state index in [9.17, 15) is 4.79 Å². The van der Waals surface area contributed by atoms with Crippen LogP contribution in [-0.2, 0) is 11.3 Å². The Kier molecular flexibility index (Phi) is 4.96. The number of carbonyl (C=O) groups is 1. The lowest BCUT2D eigenvalue weighted by molar-refractivity contribution is 0.0882. The van der Waals surface area contributed by atoms with E-state index in [1.165, 1.54) is 0 Å². The molecule has 1 fully saturated rings. The molecule has 1 aliphatic rings. The zero-order valence-electron chi connectivity index (χ0n) is 15.4. The van der Waals surface area contributed by atoms with Crippen molar-refractivity contribution in [2.45, 2.75) is 32.4 Å². The second kappa shape index (κ2) is 7.70. The number of ether oxygens (including phenoxy) is 1. The Labute approximate surface area is 158 Å². The lowest BCUT2D eigenvalue weighted by Crippen LogP contribution is -2.42. The molecular weight excluding hydrogens is 342 g/mol. The van der Waals surface area contributed by atoms with Crippen LogP contribution in [0.1, 0.15) is 24.3 Å². The number of nitrogens with zero attached hydrogens (tertiary/aromatic N) is 2. The molecule has 4 rings (SSSR count). The minimum Gasteiger partial charge on any atom is -0.445 e. The molecule has 6 heteroatoms. The largest absolute Gasteiger partial charge is 0.445 e. The standard InChI is InChI=1S/C21H23N3O3/c1-15-22-19-13-18(7-8-20(19)27-15)23-17-9-11-24(12-10-17)21(25)26-14-16-5-3-2-4-6-16/h2-8,13,17,23H,9-12,14H2,1H3. The fourth-order valence-electron chi connectivity index (χ4n) is 3.39. The van der Waals surface area contributed by atoms with Crippen molar-refractivity contribution in [1.29, 1.82) is 0 Å². The number of hydrogen-bond donors (Lipinski definition) is 1. The zero-order valence-corrected chi connectivity index (χ0v) is 15.4. The molecular formula is C21H23N3O3. The number of aryl methyl sites for hydroxylation is 1. The first-order valence-electron chi connectivity index (χ1n) is 9.27. The molecule has 1 saturated heterocycles. The fraction of sp³-hybridized carbons (Fsp3) is 0.333. The molecule has 2 aromatic carbocycles. The highest BCUT2D eigenvalue weighted by atomic mass is 16.6. The Bertz CT molecular complexity index is 915. The first-order chi connectivity index (χ1) is 13.2. The highest BCUT2D eigenvalue weighted by Gasteiger charge is 2.23. The number of amides is 1. The van der Waals surface area contributed by atoms with Crippen LogP contribution in [0.25, 0.3) is 11.1 Å². The number of oxazole rings is 1. The molecule has 0 radical (unpaired) electrons. The summed E-state index contributed by atoms with van der Waals surface area (Å²) < 4.78 is 10.9. The Morgan fingerprint density at radius 1 is 1.22 bits per heavy atom. The topological polar surface area (TPSA) is 67.6 Å². The summed E-state index contributed by atoms with van der Waals surface area (Å²) in [5, 5.41) is 3.54. The van der Waals surface area contributed by atoms with Gasteiger partial charge in [-0.25, -0.2) is 9.78 Å².